The molecule has 0 spiro atoms. The number of nitrogens with zero attached hydrogens (tertiary/aromatic N) is 1. The number of phenols is 1. The number of anilines is 1. The standard InChI is InChI=1S/C60H99N7O22/c1-42(2)54(57(75)62-44(4)55(73)65-48-40-45(14-15-49(48)68)39-46(38-43(3)58(76)77)63-59(78)89-60(5,6)7)66-56(74)47(64-50(69)13-11-19-67-52(71)16-17-53(67)72)12-9-10-18-61-51(70)41-88-37-36-87-35-34-86-33-32-85-31-30-84-29-28-83-27-26-82-25-24-81-23-22-80-21-20-79-8/h14-17,40,42-44,46-47,54,68H,9-13,18-39,41H2,1-8H3,(H,61,70)(H,62,75)(H,63,78)(H,64,69)(H,65,73)(H,66,74)(H,76,77)/t43-,44-,46+,47-,54-/m0/s1. The number of carboxylic acid groups (broad SMARTS) is 1. The van der Waals surface area contributed by atoms with Crippen LogP contribution in [0.15, 0.2) is 30.4 Å². The summed E-state index contributed by atoms with van der Waals surface area (Å²) >= 11 is 0. The van der Waals surface area contributed by atoms with Crippen LogP contribution >= 0.6 is 0 Å². The lowest BCUT2D eigenvalue weighted by Crippen LogP contribution is -2.57. The van der Waals surface area contributed by atoms with Crippen LogP contribution in [0, 0.1) is 11.8 Å². The van der Waals surface area contributed by atoms with Crippen LogP contribution in [0.4, 0.5) is 10.5 Å². The molecule has 1 aliphatic rings. The molecule has 1 aliphatic heterocycles. The Morgan fingerprint density at radius 3 is 1.58 bits per heavy atom. The van der Waals surface area contributed by atoms with E-state index in [1.54, 1.807) is 47.8 Å². The van der Waals surface area contributed by atoms with Gasteiger partial charge in [-0.3, -0.25) is 43.3 Å². The maximum absolute atomic E-state index is 13.9. The third-order valence-electron chi connectivity index (χ3n) is 12.8. The van der Waals surface area contributed by atoms with E-state index in [1.165, 1.54) is 26.0 Å². The Hall–Kier alpha value is -6.41. The van der Waals surface area contributed by atoms with E-state index in [9.17, 15) is 53.4 Å². The maximum atomic E-state index is 13.9. The highest BCUT2D eigenvalue weighted by Gasteiger charge is 2.31. The summed E-state index contributed by atoms with van der Waals surface area (Å²) in [5, 5.41) is 36.3. The van der Waals surface area contributed by atoms with Crippen molar-refractivity contribution < 1.29 is 105 Å². The minimum absolute atomic E-state index is 0.0210. The number of carbonyl (C=O) groups excluding carboxylic acids is 8. The van der Waals surface area contributed by atoms with Gasteiger partial charge >= 0.3 is 12.1 Å². The van der Waals surface area contributed by atoms with Crippen molar-refractivity contribution in [3.8, 4) is 5.75 Å². The van der Waals surface area contributed by atoms with E-state index in [4.69, 9.17) is 52.1 Å². The van der Waals surface area contributed by atoms with E-state index < -0.39 is 89.1 Å². The number of carboxylic acids is 1. The van der Waals surface area contributed by atoms with Crippen molar-refractivity contribution in [2.24, 2.45) is 11.8 Å². The minimum atomic E-state index is -1.21. The molecule has 1 aromatic carbocycles. The fraction of sp³-hybridized carbons (Fsp3) is 0.717. The van der Waals surface area contributed by atoms with Gasteiger partial charge in [0.1, 0.15) is 36.1 Å². The number of benzene rings is 1. The zero-order valence-corrected chi connectivity index (χ0v) is 53.2. The number of imide groups is 1. The summed E-state index contributed by atoms with van der Waals surface area (Å²) in [5.74, 6) is -6.84. The average molecular weight is 1270 g/mol. The van der Waals surface area contributed by atoms with E-state index in [0.29, 0.717) is 124 Å². The molecule has 0 aromatic heterocycles. The zero-order chi connectivity index (χ0) is 65.8. The van der Waals surface area contributed by atoms with Gasteiger partial charge in [0.2, 0.25) is 29.5 Å². The Morgan fingerprint density at radius 2 is 1.10 bits per heavy atom. The first-order valence-electron chi connectivity index (χ1n) is 30.2. The molecule has 5 atom stereocenters. The van der Waals surface area contributed by atoms with Crippen molar-refractivity contribution >= 4 is 59.1 Å². The topological polar surface area (TPSA) is 371 Å². The number of amides is 8. The molecule has 0 fully saturated rings. The van der Waals surface area contributed by atoms with E-state index in [1.807, 2.05) is 0 Å². The van der Waals surface area contributed by atoms with Gasteiger partial charge in [0.05, 0.1) is 131 Å². The summed E-state index contributed by atoms with van der Waals surface area (Å²) in [6.07, 6.45) is 2.45. The highest BCUT2D eigenvalue weighted by atomic mass is 16.6. The molecule has 1 heterocycles. The number of aromatic hydroxyl groups is 1. The molecule has 506 valence electrons. The molecule has 89 heavy (non-hydrogen) atoms. The number of hydrogen-bond donors (Lipinski definition) is 8. The lowest BCUT2D eigenvalue weighted by molar-refractivity contribution is -0.141. The lowest BCUT2D eigenvalue weighted by atomic mass is 9.96. The SMILES string of the molecule is COCCOCCOCCOCCOCCOCCOCCOCCOCCOCC(=O)NCCCC[C@H](NC(=O)CCCN1C(=O)C=CC1=O)C(=O)N[C@H](C(=O)N[C@@H](C)C(=O)Nc1cc(C[C@@H](C[C@H](C)C(=O)O)NC(=O)OC(C)(C)C)ccc1O)C(C)C. The Balaban J connectivity index is 1.77. The number of hydrogen-bond acceptors (Lipinski definition) is 21. The monoisotopic (exact) mass is 1270 g/mol. The molecule has 1 aromatic rings. The summed E-state index contributed by atoms with van der Waals surface area (Å²) < 4.78 is 59.3. The smallest absolute Gasteiger partial charge is 0.407 e. The van der Waals surface area contributed by atoms with Gasteiger partial charge in [-0.1, -0.05) is 26.8 Å². The Morgan fingerprint density at radius 1 is 0.596 bits per heavy atom. The van der Waals surface area contributed by atoms with Crippen LogP contribution < -0.4 is 31.9 Å². The third-order valence-corrected chi connectivity index (χ3v) is 12.8. The van der Waals surface area contributed by atoms with Crippen molar-refractivity contribution in [2.75, 3.05) is 151 Å². The molecule has 0 saturated heterocycles. The predicted octanol–water partition coefficient (Wildman–Crippen LogP) is 1.80. The quantitative estimate of drug-likeness (QED) is 0.0262. The highest BCUT2D eigenvalue weighted by molar-refractivity contribution is 6.12. The summed E-state index contributed by atoms with van der Waals surface area (Å²) in [5.41, 5.74) is -0.330. The molecule has 0 bridgehead atoms. The maximum Gasteiger partial charge on any atom is 0.407 e. The van der Waals surface area contributed by atoms with Crippen LogP contribution in [0.2, 0.25) is 0 Å². The van der Waals surface area contributed by atoms with Gasteiger partial charge in [-0.15, -0.1) is 0 Å². The van der Waals surface area contributed by atoms with E-state index in [2.05, 4.69) is 31.9 Å². The van der Waals surface area contributed by atoms with Crippen LogP contribution in [-0.2, 0) is 96.9 Å². The first-order chi connectivity index (χ1) is 42.5. The summed E-state index contributed by atoms with van der Waals surface area (Å²) in [4.78, 5) is 116. The zero-order valence-electron chi connectivity index (χ0n) is 53.2. The Bertz CT molecular complexity index is 2290. The second kappa shape index (κ2) is 46.6. The largest absolute Gasteiger partial charge is 0.506 e. The van der Waals surface area contributed by atoms with Crippen molar-refractivity contribution in [1.82, 2.24) is 31.5 Å². The molecule has 29 nitrogen and oxygen atoms in total. The number of ether oxygens (including phenoxy) is 11. The summed E-state index contributed by atoms with van der Waals surface area (Å²) in [6, 6.07) is 0.0366. The van der Waals surface area contributed by atoms with Crippen molar-refractivity contribution in [3.63, 3.8) is 0 Å². The van der Waals surface area contributed by atoms with Crippen molar-refractivity contribution in [3.05, 3.63) is 35.9 Å². The number of alkyl carbamates (subject to hydrolysis) is 1. The van der Waals surface area contributed by atoms with Gasteiger partial charge in [0, 0.05) is 44.8 Å². The van der Waals surface area contributed by atoms with Gasteiger partial charge in [0.25, 0.3) is 11.8 Å². The normalized spacial score (nSPS) is 14.0. The van der Waals surface area contributed by atoms with E-state index >= 15 is 0 Å². The summed E-state index contributed by atoms with van der Waals surface area (Å²) in [7, 11) is 1.62. The molecule has 2 rings (SSSR count). The Kier molecular flexibility index (Phi) is 41.2. The molecule has 0 aliphatic carbocycles. The molecular formula is C60H99N7O22. The lowest BCUT2D eigenvalue weighted by Gasteiger charge is -2.27. The predicted molar refractivity (Wildman–Crippen MR) is 323 cm³/mol. The minimum Gasteiger partial charge on any atom is -0.506 e. The van der Waals surface area contributed by atoms with Crippen LogP contribution in [0.5, 0.6) is 5.75 Å². The number of carbonyl (C=O) groups is 9. The molecule has 0 unspecified atom stereocenters. The molecule has 8 N–H and O–H groups in total. The van der Waals surface area contributed by atoms with Crippen LogP contribution in [0.25, 0.3) is 0 Å². The van der Waals surface area contributed by atoms with Crippen molar-refractivity contribution in [1.29, 1.82) is 0 Å². The molecule has 8 amide bonds. The van der Waals surface area contributed by atoms with Crippen molar-refractivity contribution in [2.45, 2.75) is 123 Å². The fourth-order valence-electron chi connectivity index (χ4n) is 8.09. The molecular weight excluding hydrogens is 1170 g/mol. The Labute approximate surface area is 522 Å². The summed E-state index contributed by atoms with van der Waals surface area (Å²) in [6.45, 7) is 18.8. The molecule has 29 heteroatoms. The van der Waals surface area contributed by atoms with E-state index in [-0.39, 0.29) is 82.4 Å². The number of aliphatic carboxylic acids is 1. The first-order valence-corrected chi connectivity index (χ1v) is 30.2. The van der Waals surface area contributed by atoms with Gasteiger partial charge in [-0.2, -0.15) is 0 Å². The number of methoxy groups -OCH3 is 1. The number of unbranched alkanes of at least 4 members (excludes halogenated alkanes) is 1. The van der Waals surface area contributed by atoms with E-state index in [0.717, 1.165) is 17.1 Å². The highest BCUT2D eigenvalue weighted by Crippen LogP contribution is 2.26. The van der Waals surface area contributed by atoms with Crippen LogP contribution in [-0.4, -0.2) is 244 Å². The van der Waals surface area contributed by atoms with Gasteiger partial charge < -0.3 is 94.2 Å². The third kappa shape index (κ3) is 38.0. The average Bonchev–Trinajstić information content (AvgIpc) is 3.88. The van der Waals surface area contributed by atoms with Gasteiger partial charge in [0.15, 0.2) is 0 Å². The second-order valence-corrected chi connectivity index (χ2v) is 22.0. The number of nitrogens with one attached hydrogen (secondary N) is 6. The van der Waals surface area contributed by atoms with Gasteiger partial charge in [-0.25, -0.2) is 4.79 Å². The first kappa shape index (κ1) is 78.7. The number of phenolic OH excluding ortho intramolecular Hbond substituents is 1. The van der Waals surface area contributed by atoms with Gasteiger partial charge in [-0.05, 0) is 89.8 Å². The fourth-order valence-corrected chi connectivity index (χ4v) is 8.09. The second-order valence-electron chi connectivity index (χ2n) is 22.0. The van der Waals surface area contributed by atoms with Crippen LogP contribution in [0.1, 0.15) is 92.6 Å². The molecule has 0 radical (unpaired) electrons. The van der Waals surface area contributed by atoms with Crippen LogP contribution in [0.3, 0.4) is 0 Å². The number of rotatable bonds is 52. The molecule has 0 saturated carbocycles.